The van der Waals surface area contributed by atoms with E-state index in [1.54, 1.807) is 4.90 Å². The molecule has 1 N–H and O–H groups in total. The molecule has 0 bridgehead atoms. The average Bonchev–Trinajstić information content (AvgIpc) is 2.84. The number of rotatable bonds is 7. The van der Waals surface area contributed by atoms with E-state index >= 15 is 0 Å². The molecule has 3 aromatic rings. The highest BCUT2D eigenvalue weighted by molar-refractivity contribution is 5.92. The number of nitrogens with zero attached hydrogens (tertiary/aromatic N) is 1. The first-order valence-electron chi connectivity index (χ1n) is 11.1. The van der Waals surface area contributed by atoms with Crippen LogP contribution >= 0.6 is 0 Å². The zero-order valence-corrected chi connectivity index (χ0v) is 18.1. The predicted molar refractivity (Wildman–Crippen MR) is 126 cm³/mol. The van der Waals surface area contributed by atoms with Crippen molar-refractivity contribution in [1.82, 2.24) is 4.90 Å². The smallest absolute Gasteiger partial charge is 0.260 e. The highest BCUT2D eigenvalue weighted by Crippen LogP contribution is 2.23. The maximum Gasteiger partial charge on any atom is 0.260 e. The number of ether oxygens (including phenoxy) is 1. The summed E-state index contributed by atoms with van der Waals surface area (Å²) in [5.74, 6) is 0.643. The van der Waals surface area contributed by atoms with E-state index in [1.165, 1.54) is 5.56 Å². The molecule has 3 aromatic carbocycles. The van der Waals surface area contributed by atoms with Crippen molar-refractivity contribution in [2.45, 2.75) is 19.3 Å². The van der Waals surface area contributed by atoms with Crippen LogP contribution in [0.4, 0.5) is 5.69 Å². The third kappa shape index (κ3) is 5.76. The third-order valence-corrected chi connectivity index (χ3v) is 5.82. The lowest BCUT2D eigenvalue weighted by atomic mass is 9.95. The predicted octanol–water partition coefficient (Wildman–Crippen LogP) is 4.53. The normalized spacial score (nSPS) is 14.1. The van der Waals surface area contributed by atoms with Crippen LogP contribution in [-0.2, 0) is 16.0 Å². The van der Waals surface area contributed by atoms with Crippen LogP contribution in [0.25, 0.3) is 0 Å². The maximum absolute atomic E-state index is 12.7. The van der Waals surface area contributed by atoms with Gasteiger partial charge in [0, 0.05) is 31.1 Å². The SMILES string of the molecule is O=C(Nc1ccccc1)C1CCN(C(=O)COc2ccccc2Cc2ccccc2)CC1. The van der Waals surface area contributed by atoms with Gasteiger partial charge in [-0.1, -0.05) is 66.7 Å². The zero-order valence-electron chi connectivity index (χ0n) is 18.1. The van der Waals surface area contributed by atoms with Crippen LogP contribution in [0, 0.1) is 5.92 Å². The number of carbonyl (C=O) groups excluding carboxylic acids is 2. The molecule has 0 atom stereocenters. The maximum atomic E-state index is 12.7. The van der Waals surface area contributed by atoms with E-state index in [0.29, 0.717) is 25.9 Å². The summed E-state index contributed by atoms with van der Waals surface area (Å²) in [6.07, 6.45) is 2.08. The van der Waals surface area contributed by atoms with Gasteiger partial charge in [0.1, 0.15) is 5.75 Å². The Labute approximate surface area is 189 Å². The Kier molecular flexibility index (Phi) is 7.18. The molecule has 1 aliphatic heterocycles. The molecular weight excluding hydrogens is 400 g/mol. The van der Waals surface area contributed by atoms with E-state index in [0.717, 1.165) is 23.4 Å². The number of anilines is 1. The number of benzene rings is 3. The third-order valence-electron chi connectivity index (χ3n) is 5.82. The number of piperidine rings is 1. The standard InChI is InChI=1S/C27H28N2O3/c30-26(20-32-25-14-8-7-11-23(25)19-21-9-3-1-4-10-21)29-17-15-22(16-18-29)27(31)28-24-12-5-2-6-13-24/h1-14,22H,15-20H2,(H,28,31). The van der Waals surface area contributed by atoms with Gasteiger partial charge in [-0.05, 0) is 42.2 Å². The molecule has 1 aliphatic rings. The highest BCUT2D eigenvalue weighted by Gasteiger charge is 2.27. The fourth-order valence-corrected chi connectivity index (χ4v) is 3.99. The number of hydrogen-bond acceptors (Lipinski definition) is 3. The van der Waals surface area contributed by atoms with E-state index in [2.05, 4.69) is 17.4 Å². The fourth-order valence-electron chi connectivity index (χ4n) is 3.99. The van der Waals surface area contributed by atoms with E-state index in [1.807, 2.05) is 72.8 Å². The molecule has 1 heterocycles. The Hall–Kier alpha value is -3.60. The lowest BCUT2D eigenvalue weighted by Gasteiger charge is -2.31. The largest absolute Gasteiger partial charge is 0.483 e. The number of amides is 2. The molecule has 2 amide bonds. The van der Waals surface area contributed by atoms with E-state index in [-0.39, 0.29) is 24.3 Å². The number of carbonyl (C=O) groups is 2. The summed E-state index contributed by atoms with van der Waals surface area (Å²) in [6, 6.07) is 27.5. The van der Waals surface area contributed by atoms with Gasteiger partial charge in [-0.3, -0.25) is 9.59 Å². The van der Waals surface area contributed by atoms with Crippen LogP contribution in [0.3, 0.4) is 0 Å². The van der Waals surface area contributed by atoms with Crippen molar-refractivity contribution in [1.29, 1.82) is 0 Å². The van der Waals surface area contributed by atoms with E-state index in [9.17, 15) is 9.59 Å². The summed E-state index contributed by atoms with van der Waals surface area (Å²) in [5, 5.41) is 2.96. The first kappa shape index (κ1) is 21.6. The van der Waals surface area contributed by atoms with Gasteiger partial charge in [0.05, 0.1) is 0 Å². The molecule has 0 unspecified atom stereocenters. The highest BCUT2D eigenvalue weighted by atomic mass is 16.5. The van der Waals surface area contributed by atoms with Crippen molar-refractivity contribution in [2.75, 3.05) is 25.0 Å². The Morgan fingerprint density at radius 1 is 0.844 bits per heavy atom. The number of para-hydroxylation sites is 2. The van der Waals surface area contributed by atoms with Crippen LogP contribution in [0.1, 0.15) is 24.0 Å². The van der Waals surface area contributed by atoms with Crippen LogP contribution in [0.2, 0.25) is 0 Å². The molecule has 5 nitrogen and oxygen atoms in total. The molecule has 4 rings (SSSR count). The molecule has 0 aromatic heterocycles. The minimum absolute atomic E-state index is 0.00663. The molecule has 32 heavy (non-hydrogen) atoms. The molecule has 0 spiro atoms. The van der Waals surface area contributed by atoms with Gasteiger partial charge in [-0.15, -0.1) is 0 Å². The van der Waals surface area contributed by atoms with Crippen LogP contribution in [0.15, 0.2) is 84.9 Å². The molecule has 1 saturated heterocycles. The fraction of sp³-hybridized carbons (Fsp3) is 0.259. The molecule has 0 aliphatic carbocycles. The van der Waals surface area contributed by atoms with Gasteiger partial charge in [0.15, 0.2) is 6.61 Å². The van der Waals surface area contributed by atoms with Gasteiger partial charge in [-0.2, -0.15) is 0 Å². The van der Waals surface area contributed by atoms with Crippen molar-refractivity contribution in [3.8, 4) is 5.75 Å². The monoisotopic (exact) mass is 428 g/mol. The summed E-state index contributed by atoms with van der Waals surface area (Å²) in [6.45, 7) is 1.15. The average molecular weight is 429 g/mol. The van der Waals surface area contributed by atoms with Gasteiger partial charge in [-0.25, -0.2) is 0 Å². The number of likely N-dealkylation sites (tertiary alicyclic amines) is 1. The summed E-state index contributed by atoms with van der Waals surface area (Å²) in [7, 11) is 0. The second-order valence-electron chi connectivity index (χ2n) is 8.07. The molecule has 164 valence electrons. The second kappa shape index (κ2) is 10.6. The Morgan fingerprint density at radius 2 is 1.47 bits per heavy atom. The van der Waals surface area contributed by atoms with Gasteiger partial charge >= 0.3 is 0 Å². The Balaban J connectivity index is 1.26. The van der Waals surface area contributed by atoms with Crippen molar-refractivity contribution >= 4 is 17.5 Å². The Bertz CT molecular complexity index is 1030. The minimum Gasteiger partial charge on any atom is -0.483 e. The molecule has 0 saturated carbocycles. The minimum atomic E-state index is -0.0771. The second-order valence-corrected chi connectivity index (χ2v) is 8.07. The van der Waals surface area contributed by atoms with E-state index in [4.69, 9.17) is 4.74 Å². The lowest BCUT2D eigenvalue weighted by Crippen LogP contribution is -2.43. The molecule has 5 heteroatoms. The summed E-state index contributed by atoms with van der Waals surface area (Å²) in [5.41, 5.74) is 3.06. The summed E-state index contributed by atoms with van der Waals surface area (Å²) < 4.78 is 5.91. The van der Waals surface area contributed by atoms with E-state index < -0.39 is 0 Å². The summed E-state index contributed by atoms with van der Waals surface area (Å²) >= 11 is 0. The quantitative estimate of drug-likeness (QED) is 0.601. The van der Waals surface area contributed by atoms with Crippen molar-refractivity contribution in [3.05, 3.63) is 96.1 Å². The molecular formula is C27H28N2O3. The first-order chi connectivity index (χ1) is 15.7. The number of nitrogens with one attached hydrogen (secondary N) is 1. The van der Waals surface area contributed by atoms with Gasteiger partial charge < -0.3 is 15.0 Å². The van der Waals surface area contributed by atoms with Crippen LogP contribution in [-0.4, -0.2) is 36.4 Å². The van der Waals surface area contributed by atoms with Crippen molar-refractivity contribution in [2.24, 2.45) is 5.92 Å². The lowest BCUT2D eigenvalue weighted by molar-refractivity contribution is -0.136. The zero-order chi connectivity index (χ0) is 22.2. The first-order valence-corrected chi connectivity index (χ1v) is 11.1. The number of hydrogen-bond donors (Lipinski definition) is 1. The molecule has 0 radical (unpaired) electrons. The molecule has 1 fully saturated rings. The summed E-state index contributed by atoms with van der Waals surface area (Å²) in [4.78, 5) is 27.0. The van der Waals surface area contributed by atoms with Gasteiger partial charge in [0.2, 0.25) is 5.91 Å². The Morgan fingerprint density at radius 3 is 2.19 bits per heavy atom. The topological polar surface area (TPSA) is 58.6 Å². The van der Waals surface area contributed by atoms with Gasteiger partial charge in [0.25, 0.3) is 5.91 Å². The van der Waals surface area contributed by atoms with Crippen LogP contribution < -0.4 is 10.1 Å². The van der Waals surface area contributed by atoms with Crippen LogP contribution in [0.5, 0.6) is 5.75 Å². The van der Waals surface area contributed by atoms with Crippen molar-refractivity contribution in [3.63, 3.8) is 0 Å². The van der Waals surface area contributed by atoms with Crippen molar-refractivity contribution < 1.29 is 14.3 Å².